The first-order valence-electron chi connectivity index (χ1n) is 4.84. The van der Waals surface area contributed by atoms with Crippen LogP contribution in [-0.2, 0) is 13.1 Å². The van der Waals surface area contributed by atoms with E-state index in [0.717, 1.165) is 11.1 Å². The topological polar surface area (TPSA) is 43.8 Å². The first-order chi connectivity index (χ1) is 7.69. The highest BCUT2D eigenvalue weighted by Crippen LogP contribution is 2.13. The second kappa shape index (κ2) is 4.63. The van der Waals surface area contributed by atoms with Crippen molar-refractivity contribution in [3.63, 3.8) is 0 Å². The Bertz CT molecular complexity index is 496. The Morgan fingerprint density at radius 3 is 2.81 bits per heavy atom. The van der Waals surface area contributed by atoms with Gasteiger partial charge in [-0.15, -0.1) is 0 Å². The Hall–Kier alpha value is -1.39. The minimum absolute atomic E-state index is 0.273. The lowest BCUT2D eigenvalue weighted by atomic mass is 10.1. The van der Waals surface area contributed by atoms with Gasteiger partial charge in [0.1, 0.15) is 5.82 Å². The largest absolute Gasteiger partial charge is 0.326 e. The molecule has 0 aliphatic carbocycles. The molecule has 0 atom stereocenters. The van der Waals surface area contributed by atoms with Crippen molar-refractivity contribution in [3.05, 3.63) is 52.6 Å². The Balaban J connectivity index is 2.29. The van der Waals surface area contributed by atoms with Crippen LogP contribution in [0.5, 0.6) is 0 Å². The number of nitrogens with zero attached hydrogens (tertiary/aromatic N) is 2. The van der Waals surface area contributed by atoms with Crippen molar-refractivity contribution in [2.75, 3.05) is 0 Å². The molecule has 2 rings (SSSR count). The number of rotatable bonds is 3. The summed E-state index contributed by atoms with van der Waals surface area (Å²) in [6, 6.07) is 4.56. The molecule has 84 valence electrons. The molecule has 1 aromatic carbocycles. The third-order valence-electron chi connectivity index (χ3n) is 2.32. The fourth-order valence-corrected chi connectivity index (χ4v) is 1.70. The highest BCUT2D eigenvalue weighted by atomic mass is 35.5. The molecule has 0 spiro atoms. The monoisotopic (exact) mass is 239 g/mol. The highest BCUT2D eigenvalue weighted by Gasteiger charge is 2.04. The third kappa shape index (κ3) is 2.40. The molecule has 0 saturated heterocycles. The second-order valence-corrected chi connectivity index (χ2v) is 3.91. The maximum Gasteiger partial charge on any atom is 0.123 e. The van der Waals surface area contributed by atoms with Crippen molar-refractivity contribution in [3.8, 4) is 0 Å². The molecule has 1 heterocycles. The highest BCUT2D eigenvalue weighted by molar-refractivity contribution is 6.30. The first kappa shape index (κ1) is 11.1. The van der Waals surface area contributed by atoms with E-state index in [1.165, 1.54) is 12.1 Å². The number of nitrogens with two attached hydrogens (primary N) is 1. The maximum atomic E-state index is 13.1. The third-order valence-corrected chi connectivity index (χ3v) is 2.52. The lowest BCUT2D eigenvalue weighted by Gasteiger charge is -2.07. The van der Waals surface area contributed by atoms with E-state index in [9.17, 15) is 4.39 Å². The Kier molecular flexibility index (Phi) is 3.22. The number of hydrogen-bond donors (Lipinski definition) is 1. The number of halogens is 2. The van der Waals surface area contributed by atoms with Crippen LogP contribution in [-0.4, -0.2) is 9.78 Å². The zero-order chi connectivity index (χ0) is 11.5. The van der Waals surface area contributed by atoms with Gasteiger partial charge in [0.2, 0.25) is 0 Å². The Labute approximate surface area is 97.6 Å². The van der Waals surface area contributed by atoms with E-state index in [1.807, 2.05) is 0 Å². The van der Waals surface area contributed by atoms with Gasteiger partial charge in [-0.2, -0.15) is 5.10 Å². The molecule has 1 aromatic heterocycles. The van der Waals surface area contributed by atoms with Gasteiger partial charge in [-0.1, -0.05) is 17.7 Å². The maximum absolute atomic E-state index is 13.1. The van der Waals surface area contributed by atoms with Gasteiger partial charge in [-0.25, -0.2) is 4.39 Å². The molecule has 0 aliphatic rings. The first-order valence-corrected chi connectivity index (χ1v) is 5.22. The summed E-state index contributed by atoms with van der Waals surface area (Å²) in [6.45, 7) is 0.849. The van der Waals surface area contributed by atoms with Gasteiger partial charge >= 0.3 is 0 Å². The quantitative estimate of drug-likeness (QED) is 0.892. The molecule has 0 bridgehead atoms. The van der Waals surface area contributed by atoms with Crippen molar-refractivity contribution < 1.29 is 4.39 Å². The minimum Gasteiger partial charge on any atom is -0.326 e. The predicted octanol–water partition coefficient (Wildman–Crippen LogP) is 2.18. The molecular weight excluding hydrogens is 229 g/mol. The van der Waals surface area contributed by atoms with Crippen LogP contribution in [0.3, 0.4) is 0 Å². The average molecular weight is 240 g/mol. The summed E-state index contributed by atoms with van der Waals surface area (Å²) in [7, 11) is 0. The van der Waals surface area contributed by atoms with E-state index < -0.39 is 0 Å². The lowest BCUT2D eigenvalue weighted by Crippen LogP contribution is -2.07. The predicted molar refractivity (Wildman–Crippen MR) is 60.6 cm³/mol. The summed E-state index contributed by atoms with van der Waals surface area (Å²) in [4.78, 5) is 0. The van der Waals surface area contributed by atoms with Crippen LogP contribution in [0.4, 0.5) is 4.39 Å². The SMILES string of the molecule is NCc1ccc(F)cc1Cn1cc(Cl)cn1. The van der Waals surface area contributed by atoms with Crippen LogP contribution >= 0.6 is 11.6 Å². The molecule has 0 amide bonds. The molecular formula is C11H11ClFN3. The van der Waals surface area contributed by atoms with Crippen LogP contribution < -0.4 is 5.73 Å². The minimum atomic E-state index is -0.273. The van der Waals surface area contributed by atoms with Gasteiger partial charge in [0.15, 0.2) is 0 Å². The van der Waals surface area contributed by atoms with Crippen molar-refractivity contribution in [1.82, 2.24) is 9.78 Å². The van der Waals surface area contributed by atoms with Crippen molar-refractivity contribution >= 4 is 11.6 Å². The normalized spacial score (nSPS) is 10.7. The van der Waals surface area contributed by atoms with Crippen molar-refractivity contribution in [2.45, 2.75) is 13.1 Å². The van der Waals surface area contributed by atoms with Gasteiger partial charge in [0.25, 0.3) is 0 Å². The summed E-state index contributed by atoms with van der Waals surface area (Å²) in [5.74, 6) is -0.273. The molecule has 0 saturated carbocycles. The molecule has 2 N–H and O–H groups in total. The van der Waals surface area contributed by atoms with Crippen LogP contribution in [0.1, 0.15) is 11.1 Å². The van der Waals surface area contributed by atoms with Gasteiger partial charge in [-0.05, 0) is 23.3 Å². The number of aromatic nitrogens is 2. The van der Waals surface area contributed by atoms with Crippen LogP contribution in [0.25, 0.3) is 0 Å². The molecule has 0 fully saturated rings. The summed E-state index contributed by atoms with van der Waals surface area (Å²) in [5, 5.41) is 4.60. The molecule has 16 heavy (non-hydrogen) atoms. The smallest absolute Gasteiger partial charge is 0.123 e. The van der Waals surface area contributed by atoms with E-state index in [0.29, 0.717) is 18.1 Å². The zero-order valence-electron chi connectivity index (χ0n) is 8.53. The zero-order valence-corrected chi connectivity index (χ0v) is 9.28. The molecule has 3 nitrogen and oxygen atoms in total. The van der Waals surface area contributed by atoms with E-state index in [2.05, 4.69) is 5.10 Å². The summed E-state index contributed by atoms with van der Waals surface area (Å²) >= 11 is 5.75. The van der Waals surface area contributed by atoms with Crippen molar-refractivity contribution in [2.24, 2.45) is 5.73 Å². The fraction of sp³-hybridized carbons (Fsp3) is 0.182. The van der Waals surface area contributed by atoms with E-state index in [-0.39, 0.29) is 5.82 Å². The van der Waals surface area contributed by atoms with Gasteiger partial charge in [0.05, 0.1) is 17.8 Å². The molecule has 0 unspecified atom stereocenters. The number of hydrogen-bond acceptors (Lipinski definition) is 2. The average Bonchev–Trinajstić information content (AvgIpc) is 2.64. The second-order valence-electron chi connectivity index (χ2n) is 3.47. The van der Waals surface area contributed by atoms with Crippen LogP contribution in [0.2, 0.25) is 5.02 Å². The van der Waals surface area contributed by atoms with Gasteiger partial charge in [0, 0.05) is 12.7 Å². The van der Waals surface area contributed by atoms with E-state index in [1.54, 1.807) is 23.1 Å². The van der Waals surface area contributed by atoms with E-state index >= 15 is 0 Å². The standard InChI is InChI=1S/C11H11ClFN3/c12-10-5-15-16(7-10)6-9-3-11(13)2-1-8(9)4-14/h1-3,5,7H,4,6,14H2. The van der Waals surface area contributed by atoms with Crippen LogP contribution in [0.15, 0.2) is 30.6 Å². The van der Waals surface area contributed by atoms with E-state index in [4.69, 9.17) is 17.3 Å². The molecule has 5 heteroatoms. The molecule has 0 radical (unpaired) electrons. The van der Waals surface area contributed by atoms with Crippen LogP contribution in [0, 0.1) is 5.82 Å². The number of benzene rings is 1. The van der Waals surface area contributed by atoms with Gasteiger partial charge < -0.3 is 5.73 Å². The van der Waals surface area contributed by atoms with Gasteiger partial charge in [-0.3, -0.25) is 4.68 Å². The van der Waals surface area contributed by atoms with Crippen molar-refractivity contribution in [1.29, 1.82) is 0 Å². The fourth-order valence-electron chi connectivity index (χ4n) is 1.54. The summed E-state index contributed by atoms with van der Waals surface area (Å²) < 4.78 is 14.7. The lowest BCUT2D eigenvalue weighted by molar-refractivity contribution is 0.616. The Morgan fingerprint density at radius 2 is 2.19 bits per heavy atom. The molecule has 2 aromatic rings. The molecule has 0 aliphatic heterocycles. The summed E-state index contributed by atoms with van der Waals surface area (Å²) in [6.07, 6.45) is 3.23. The Morgan fingerprint density at radius 1 is 1.38 bits per heavy atom. The summed E-state index contributed by atoms with van der Waals surface area (Å²) in [5.41, 5.74) is 7.31.